The number of aromatic carboxylic acids is 1. The van der Waals surface area contributed by atoms with Gasteiger partial charge in [-0.25, -0.2) is 9.78 Å². The molecule has 0 aliphatic carbocycles. The van der Waals surface area contributed by atoms with Crippen LogP contribution in [0.3, 0.4) is 0 Å². The summed E-state index contributed by atoms with van der Waals surface area (Å²) in [5, 5.41) is 10.0. The van der Waals surface area contributed by atoms with Crippen molar-refractivity contribution < 1.29 is 9.90 Å². The number of hydrogen-bond donors (Lipinski definition) is 1. The van der Waals surface area contributed by atoms with Gasteiger partial charge in [-0.15, -0.1) is 0 Å². The number of hydrogen-bond acceptors (Lipinski definition) is 5. The lowest BCUT2D eigenvalue weighted by Crippen LogP contribution is -2.55. The number of anilines is 1. The normalized spacial score (nSPS) is 27.6. The molecule has 2 atom stereocenters. The molecule has 2 aliphatic rings. The van der Waals surface area contributed by atoms with Crippen molar-refractivity contribution in [1.82, 2.24) is 9.88 Å². The summed E-state index contributed by atoms with van der Waals surface area (Å²) in [5.74, 6) is -0.867. The van der Waals surface area contributed by atoms with Gasteiger partial charge < -0.3 is 10.0 Å². The maximum atomic E-state index is 11.1. The summed E-state index contributed by atoms with van der Waals surface area (Å²) in [6.45, 7) is 7.23. The third kappa shape index (κ3) is 2.23. The van der Waals surface area contributed by atoms with Gasteiger partial charge in [0.1, 0.15) is 4.88 Å². The van der Waals surface area contributed by atoms with E-state index in [1.165, 1.54) is 30.7 Å². The number of fused-ring (bicyclic) bond motifs is 1. The molecule has 0 spiro atoms. The lowest BCUT2D eigenvalue weighted by atomic mass is 10.1. The van der Waals surface area contributed by atoms with Crippen LogP contribution in [0.2, 0.25) is 0 Å². The largest absolute Gasteiger partial charge is 0.477 e. The summed E-state index contributed by atoms with van der Waals surface area (Å²) >= 11 is 1.31. The summed E-state index contributed by atoms with van der Waals surface area (Å²) in [7, 11) is 0. The van der Waals surface area contributed by atoms with Crippen LogP contribution in [0.5, 0.6) is 0 Å². The lowest BCUT2D eigenvalue weighted by Gasteiger charge is -2.42. The average Bonchev–Trinajstić information content (AvgIpc) is 2.93. The highest BCUT2D eigenvalue weighted by molar-refractivity contribution is 7.17. The summed E-state index contributed by atoms with van der Waals surface area (Å²) in [6.07, 6.45) is 2.53. The van der Waals surface area contributed by atoms with Crippen molar-refractivity contribution in [2.45, 2.75) is 38.8 Å². The van der Waals surface area contributed by atoms with Gasteiger partial charge in [-0.3, -0.25) is 4.90 Å². The molecule has 0 aromatic carbocycles. The monoisotopic (exact) mass is 281 g/mol. The molecule has 0 bridgehead atoms. The minimum absolute atomic E-state index is 0.371. The van der Waals surface area contributed by atoms with E-state index in [1.54, 1.807) is 6.92 Å². The molecular weight excluding hydrogens is 262 g/mol. The number of piperazine rings is 1. The quantitative estimate of drug-likeness (QED) is 0.896. The van der Waals surface area contributed by atoms with Crippen molar-refractivity contribution in [3.05, 3.63) is 10.6 Å². The predicted molar refractivity (Wildman–Crippen MR) is 75.2 cm³/mol. The minimum Gasteiger partial charge on any atom is -0.477 e. The van der Waals surface area contributed by atoms with Crippen LogP contribution in [-0.4, -0.2) is 52.7 Å². The van der Waals surface area contributed by atoms with Crippen LogP contribution >= 0.6 is 11.3 Å². The smallest absolute Gasteiger partial charge is 0.347 e. The van der Waals surface area contributed by atoms with E-state index >= 15 is 0 Å². The van der Waals surface area contributed by atoms with Crippen molar-refractivity contribution in [2.75, 3.05) is 24.5 Å². The van der Waals surface area contributed by atoms with E-state index in [2.05, 4.69) is 21.7 Å². The zero-order valence-electron chi connectivity index (χ0n) is 11.3. The van der Waals surface area contributed by atoms with Crippen LogP contribution < -0.4 is 4.90 Å². The molecule has 1 aromatic rings. The van der Waals surface area contributed by atoms with Crippen molar-refractivity contribution in [3.8, 4) is 0 Å². The van der Waals surface area contributed by atoms with E-state index in [-0.39, 0.29) is 0 Å². The highest BCUT2D eigenvalue weighted by Gasteiger charge is 2.35. The summed E-state index contributed by atoms with van der Waals surface area (Å²) in [5.41, 5.74) is 0.633. The van der Waals surface area contributed by atoms with Crippen LogP contribution in [0.25, 0.3) is 0 Å². The topological polar surface area (TPSA) is 56.7 Å². The third-order valence-corrected chi connectivity index (χ3v) is 5.35. The molecular formula is C13H19N3O2S. The number of aromatic nitrogens is 1. The Balaban J connectivity index is 1.85. The molecule has 3 heterocycles. The van der Waals surface area contributed by atoms with Crippen molar-refractivity contribution >= 4 is 22.4 Å². The molecule has 6 heteroatoms. The Kier molecular flexibility index (Phi) is 3.22. The number of rotatable bonds is 2. The first-order chi connectivity index (χ1) is 9.06. The predicted octanol–water partition coefficient (Wildman–Crippen LogP) is 1.82. The van der Waals surface area contributed by atoms with Gasteiger partial charge in [-0.1, -0.05) is 11.3 Å². The Hall–Kier alpha value is -1.14. The highest BCUT2D eigenvalue weighted by atomic mass is 32.1. The van der Waals surface area contributed by atoms with Gasteiger partial charge in [0.05, 0.1) is 5.69 Å². The van der Waals surface area contributed by atoms with Crippen LogP contribution in [0.15, 0.2) is 0 Å². The number of carboxylic acid groups (broad SMARTS) is 1. The molecule has 2 fully saturated rings. The Labute approximate surface area is 116 Å². The van der Waals surface area contributed by atoms with E-state index in [0.717, 1.165) is 18.2 Å². The Bertz CT molecular complexity index is 502. The number of carboxylic acids is 1. The fourth-order valence-electron chi connectivity index (χ4n) is 3.16. The van der Waals surface area contributed by atoms with Gasteiger partial charge in [0.25, 0.3) is 0 Å². The molecule has 5 nitrogen and oxygen atoms in total. The van der Waals surface area contributed by atoms with E-state index < -0.39 is 5.97 Å². The Morgan fingerprint density at radius 1 is 1.47 bits per heavy atom. The molecule has 2 aliphatic heterocycles. The molecule has 0 saturated carbocycles. The SMILES string of the molecule is Cc1nc(N2CC3CCCN3CC2C)sc1C(=O)O. The van der Waals surface area contributed by atoms with Crippen molar-refractivity contribution in [2.24, 2.45) is 0 Å². The van der Waals surface area contributed by atoms with E-state index in [4.69, 9.17) is 5.11 Å². The van der Waals surface area contributed by atoms with Crippen molar-refractivity contribution in [3.63, 3.8) is 0 Å². The molecule has 1 aromatic heterocycles. The second-order valence-corrected chi connectivity index (χ2v) is 6.49. The molecule has 0 amide bonds. The van der Waals surface area contributed by atoms with Crippen LogP contribution in [0, 0.1) is 6.92 Å². The first kappa shape index (κ1) is 12.9. The summed E-state index contributed by atoms with van der Waals surface area (Å²) in [6, 6.07) is 1.02. The van der Waals surface area contributed by atoms with Crippen LogP contribution in [-0.2, 0) is 0 Å². The Morgan fingerprint density at radius 2 is 2.26 bits per heavy atom. The van der Waals surface area contributed by atoms with Gasteiger partial charge in [0, 0.05) is 25.2 Å². The summed E-state index contributed by atoms with van der Waals surface area (Å²) in [4.78, 5) is 20.8. The highest BCUT2D eigenvalue weighted by Crippen LogP contribution is 2.32. The Morgan fingerprint density at radius 3 is 2.95 bits per heavy atom. The lowest BCUT2D eigenvalue weighted by molar-refractivity contribution is 0.0701. The minimum atomic E-state index is -0.867. The van der Waals surface area contributed by atoms with Gasteiger partial charge in [-0.2, -0.15) is 0 Å². The summed E-state index contributed by atoms with van der Waals surface area (Å²) < 4.78 is 0. The van der Waals surface area contributed by atoms with Gasteiger partial charge >= 0.3 is 5.97 Å². The number of nitrogens with zero attached hydrogens (tertiary/aromatic N) is 3. The number of thiazole rings is 1. The number of aryl methyl sites for hydroxylation is 1. The van der Waals surface area contributed by atoms with Crippen LogP contribution in [0.1, 0.15) is 35.1 Å². The van der Waals surface area contributed by atoms with Gasteiger partial charge in [-0.05, 0) is 33.2 Å². The first-order valence-corrected chi connectivity index (χ1v) is 7.59. The van der Waals surface area contributed by atoms with E-state index in [0.29, 0.717) is 22.7 Å². The fraction of sp³-hybridized carbons (Fsp3) is 0.692. The maximum absolute atomic E-state index is 11.1. The van der Waals surface area contributed by atoms with Gasteiger partial charge in [0.2, 0.25) is 0 Å². The second kappa shape index (κ2) is 4.76. The molecule has 0 radical (unpaired) electrons. The zero-order chi connectivity index (χ0) is 13.6. The third-order valence-electron chi connectivity index (χ3n) is 4.16. The molecule has 2 saturated heterocycles. The zero-order valence-corrected chi connectivity index (χ0v) is 12.1. The molecule has 2 unspecified atom stereocenters. The second-order valence-electron chi connectivity index (χ2n) is 5.51. The molecule has 3 rings (SSSR count). The molecule has 104 valence electrons. The van der Waals surface area contributed by atoms with E-state index in [9.17, 15) is 4.79 Å². The fourth-order valence-corrected chi connectivity index (χ4v) is 4.17. The van der Waals surface area contributed by atoms with Crippen LogP contribution in [0.4, 0.5) is 5.13 Å². The maximum Gasteiger partial charge on any atom is 0.347 e. The van der Waals surface area contributed by atoms with Gasteiger partial charge in [0.15, 0.2) is 5.13 Å². The molecule has 19 heavy (non-hydrogen) atoms. The average molecular weight is 281 g/mol. The van der Waals surface area contributed by atoms with E-state index in [1.807, 2.05) is 0 Å². The van der Waals surface area contributed by atoms with Crippen molar-refractivity contribution in [1.29, 1.82) is 0 Å². The molecule has 1 N–H and O–H groups in total. The number of carbonyl (C=O) groups is 1. The standard InChI is InChI=1S/C13H19N3O2S/c1-8-6-15-5-3-4-10(15)7-16(8)13-14-9(2)11(19-13)12(17)18/h8,10H,3-7H2,1-2H3,(H,17,18). The first-order valence-electron chi connectivity index (χ1n) is 6.77.